The van der Waals surface area contributed by atoms with E-state index in [1.807, 2.05) is 11.3 Å². The zero-order chi connectivity index (χ0) is 12.8. The molecule has 3 heteroatoms. The number of benzene rings is 1. The van der Waals surface area contributed by atoms with Gasteiger partial charge in [0.05, 0.1) is 5.69 Å². The van der Waals surface area contributed by atoms with E-state index in [9.17, 15) is 0 Å². The van der Waals surface area contributed by atoms with Crippen LogP contribution in [0, 0.1) is 0 Å². The Morgan fingerprint density at radius 2 is 2.00 bits per heavy atom. The van der Waals surface area contributed by atoms with Gasteiger partial charge in [0.2, 0.25) is 0 Å². The molecule has 2 nitrogen and oxygen atoms in total. The Morgan fingerprint density at radius 1 is 1.16 bits per heavy atom. The van der Waals surface area contributed by atoms with Crippen LogP contribution >= 0.6 is 11.3 Å². The van der Waals surface area contributed by atoms with Gasteiger partial charge in [-0.25, -0.2) is 4.98 Å². The van der Waals surface area contributed by atoms with Crippen LogP contribution < -0.4 is 5.73 Å². The summed E-state index contributed by atoms with van der Waals surface area (Å²) in [7, 11) is 0. The van der Waals surface area contributed by atoms with Gasteiger partial charge in [0.15, 0.2) is 0 Å². The summed E-state index contributed by atoms with van der Waals surface area (Å²) in [5.74, 6) is 0.769. The van der Waals surface area contributed by atoms with E-state index in [-0.39, 0.29) is 6.04 Å². The van der Waals surface area contributed by atoms with Crippen molar-refractivity contribution in [3.05, 3.63) is 40.4 Å². The van der Waals surface area contributed by atoms with E-state index in [0.717, 1.165) is 24.5 Å². The van der Waals surface area contributed by atoms with E-state index in [0.29, 0.717) is 0 Å². The van der Waals surface area contributed by atoms with Crippen LogP contribution in [0.15, 0.2) is 24.3 Å². The molecule has 0 aliphatic heterocycles. The highest BCUT2D eigenvalue weighted by atomic mass is 32.1. The largest absolute Gasteiger partial charge is 0.323 e. The molecule has 1 heterocycles. The van der Waals surface area contributed by atoms with Crippen molar-refractivity contribution in [1.82, 2.24) is 4.98 Å². The third kappa shape index (κ3) is 2.01. The van der Waals surface area contributed by atoms with Gasteiger partial charge in [0.1, 0.15) is 5.01 Å². The highest BCUT2D eigenvalue weighted by molar-refractivity contribution is 7.15. The molecule has 1 unspecified atom stereocenters. The Labute approximate surface area is 117 Å². The Bertz CT molecular complexity index is 613. The number of aromatic nitrogens is 1. The topological polar surface area (TPSA) is 38.9 Å². The maximum absolute atomic E-state index is 6.19. The summed E-state index contributed by atoms with van der Waals surface area (Å²) in [6.45, 7) is 0. The van der Waals surface area contributed by atoms with Gasteiger partial charge in [-0.05, 0) is 43.6 Å². The van der Waals surface area contributed by atoms with Gasteiger partial charge in [-0.1, -0.05) is 24.3 Å². The zero-order valence-corrected chi connectivity index (χ0v) is 11.7. The third-order valence-electron chi connectivity index (χ3n) is 4.21. The summed E-state index contributed by atoms with van der Waals surface area (Å²) in [4.78, 5) is 6.28. The molecule has 0 amide bonds. The van der Waals surface area contributed by atoms with E-state index in [4.69, 9.17) is 10.7 Å². The summed E-state index contributed by atoms with van der Waals surface area (Å²) in [5.41, 5.74) is 10.2. The summed E-state index contributed by atoms with van der Waals surface area (Å²) in [5, 5.41) is 1.19. The number of rotatable bonds is 2. The van der Waals surface area contributed by atoms with Crippen molar-refractivity contribution in [2.75, 3.05) is 0 Å². The lowest BCUT2D eigenvalue weighted by Crippen LogP contribution is -2.16. The normalized spacial score (nSPS) is 22.3. The number of thiazole rings is 1. The third-order valence-corrected chi connectivity index (χ3v) is 5.37. The Balaban J connectivity index is 1.80. The molecule has 0 saturated heterocycles. The molecule has 1 saturated carbocycles. The summed E-state index contributed by atoms with van der Waals surface area (Å²) >= 11 is 1.86. The van der Waals surface area contributed by atoms with Gasteiger partial charge in [-0.15, -0.1) is 11.3 Å². The first kappa shape index (κ1) is 11.6. The molecule has 4 rings (SSSR count). The van der Waals surface area contributed by atoms with E-state index >= 15 is 0 Å². The first-order valence-electron chi connectivity index (χ1n) is 7.17. The average Bonchev–Trinajstić information content (AvgIpc) is 3.18. The SMILES string of the molecule is NC1CCCc2sc(-c3ccccc3C3CC3)nc21. The van der Waals surface area contributed by atoms with E-state index in [1.165, 1.54) is 40.3 Å². The van der Waals surface area contributed by atoms with Crippen LogP contribution in [0.25, 0.3) is 10.6 Å². The second-order valence-corrected chi connectivity index (χ2v) is 6.77. The van der Waals surface area contributed by atoms with Crippen molar-refractivity contribution in [3.63, 3.8) is 0 Å². The van der Waals surface area contributed by atoms with E-state index in [2.05, 4.69) is 24.3 Å². The Morgan fingerprint density at radius 3 is 2.79 bits per heavy atom. The molecule has 2 aromatic rings. The van der Waals surface area contributed by atoms with Crippen molar-refractivity contribution in [2.24, 2.45) is 5.73 Å². The van der Waals surface area contributed by atoms with Crippen LogP contribution in [-0.2, 0) is 6.42 Å². The second kappa shape index (κ2) is 4.43. The van der Waals surface area contributed by atoms with Gasteiger partial charge in [0, 0.05) is 16.5 Å². The van der Waals surface area contributed by atoms with Crippen molar-refractivity contribution in [3.8, 4) is 10.6 Å². The van der Waals surface area contributed by atoms with Crippen LogP contribution in [-0.4, -0.2) is 4.98 Å². The highest BCUT2D eigenvalue weighted by Gasteiger charge is 2.28. The molecule has 0 bridgehead atoms. The molecule has 2 N–H and O–H groups in total. The fourth-order valence-electron chi connectivity index (χ4n) is 3.01. The number of hydrogen-bond acceptors (Lipinski definition) is 3. The summed E-state index contributed by atoms with van der Waals surface area (Å²) in [6.07, 6.45) is 6.12. The second-order valence-electron chi connectivity index (χ2n) is 5.69. The minimum atomic E-state index is 0.154. The predicted molar refractivity (Wildman–Crippen MR) is 79.4 cm³/mol. The number of aryl methyl sites for hydroxylation is 1. The maximum atomic E-state index is 6.19. The molecule has 0 radical (unpaired) electrons. The van der Waals surface area contributed by atoms with E-state index < -0.39 is 0 Å². The molecule has 2 aliphatic carbocycles. The molecular weight excluding hydrogens is 252 g/mol. The van der Waals surface area contributed by atoms with Gasteiger partial charge in [0.25, 0.3) is 0 Å². The van der Waals surface area contributed by atoms with Crippen molar-refractivity contribution in [2.45, 2.75) is 44.1 Å². The molecule has 0 spiro atoms. The molecule has 98 valence electrons. The molecular formula is C16H18N2S. The van der Waals surface area contributed by atoms with Crippen molar-refractivity contribution in [1.29, 1.82) is 0 Å². The monoisotopic (exact) mass is 270 g/mol. The van der Waals surface area contributed by atoms with Crippen molar-refractivity contribution < 1.29 is 0 Å². The quantitative estimate of drug-likeness (QED) is 0.895. The minimum absolute atomic E-state index is 0.154. The van der Waals surface area contributed by atoms with Gasteiger partial charge in [-0.3, -0.25) is 0 Å². The Kier molecular flexibility index (Phi) is 2.71. The van der Waals surface area contributed by atoms with Crippen LogP contribution in [0.2, 0.25) is 0 Å². The first-order chi connectivity index (χ1) is 9.33. The predicted octanol–water partition coefficient (Wildman–Crippen LogP) is 4.02. The van der Waals surface area contributed by atoms with Crippen LogP contribution in [0.3, 0.4) is 0 Å². The van der Waals surface area contributed by atoms with E-state index in [1.54, 1.807) is 0 Å². The molecule has 1 aromatic carbocycles. The van der Waals surface area contributed by atoms with Crippen LogP contribution in [0.1, 0.15) is 53.8 Å². The zero-order valence-electron chi connectivity index (χ0n) is 10.9. The number of nitrogens with zero attached hydrogens (tertiary/aromatic N) is 1. The lowest BCUT2D eigenvalue weighted by molar-refractivity contribution is 0.564. The highest BCUT2D eigenvalue weighted by Crippen LogP contribution is 2.46. The first-order valence-corrected chi connectivity index (χ1v) is 7.99. The minimum Gasteiger partial charge on any atom is -0.323 e. The smallest absolute Gasteiger partial charge is 0.124 e. The van der Waals surface area contributed by atoms with Gasteiger partial charge >= 0.3 is 0 Å². The molecule has 1 aromatic heterocycles. The molecule has 1 atom stereocenters. The fourth-order valence-corrected chi connectivity index (χ4v) is 4.23. The lowest BCUT2D eigenvalue weighted by Gasteiger charge is -2.15. The van der Waals surface area contributed by atoms with Crippen molar-refractivity contribution >= 4 is 11.3 Å². The van der Waals surface area contributed by atoms with Gasteiger partial charge in [-0.2, -0.15) is 0 Å². The molecule has 1 fully saturated rings. The van der Waals surface area contributed by atoms with Crippen LogP contribution in [0.4, 0.5) is 0 Å². The fraction of sp³-hybridized carbons (Fsp3) is 0.438. The summed E-state index contributed by atoms with van der Waals surface area (Å²) in [6, 6.07) is 8.93. The number of fused-ring (bicyclic) bond motifs is 1. The summed E-state index contributed by atoms with van der Waals surface area (Å²) < 4.78 is 0. The number of nitrogens with two attached hydrogens (primary N) is 1. The Hall–Kier alpha value is -1.19. The molecule has 2 aliphatic rings. The standard InChI is InChI=1S/C16H18N2S/c17-13-6-3-7-14-15(13)18-16(19-14)12-5-2-1-4-11(12)10-8-9-10/h1-2,4-5,10,13H,3,6-9,17H2. The molecule has 19 heavy (non-hydrogen) atoms. The average molecular weight is 270 g/mol. The van der Waals surface area contributed by atoms with Gasteiger partial charge < -0.3 is 5.73 Å². The van der Waals surface area contributed by atoms with Crippen LogP contribution in [0.5, 0.6) is 0 Å². The lowest BCUT2D eigenvalue weighted by atomic mass is 9.98. The maximum Gasteiger partial charge on any atom is 0.124 e. The number of hydrogen-bond donors (Lipinski definition) is 1.